The van der Waals surface area contributed by atoms with E-state index in [1.54, 1.807) is 0 Å². The van der Waals surface area contributed by atoms with E-state index in [1.807, 2.05) is 18.5 Å². The zero-order valence-corrected chi connectivity index (χ0v) is 10.7. The van der Waals surface area contributed by atoms with Gasteiger partial charge in [-0.1, -0.05) is 12.5 Å². The molecule has 2 atom stereocenters. The van der Waals surface area contributed by atoms with Crippen LogP contribution in [0.15, 0.2) is 24.5 Å². The van der Waals surface area contributed by atoms with Crippen molar-refractivity contribution in [3.8, 4) is 0 Å². The van der Waals surface area contributed by atoms with Crippen LogP contribution in [0.4, 0.5) is 0 Å². The van der Waals surface area contributed by atoms with E-state index in [0.717, 1.165) is 11.7 Å². The molecular formula is C13H20N2S. The minimum atomic E-state index is 0.592. The van der Waals surface area contributed by atoms with Crippen LogP contribution in [0, 0.1) is 0 Å². The number of thioether (sulfide) groups is 1. The molecular weight excluding hydrogens is 216 g/mol. The van der Waals surface area contributed by atoms with Gasteiger partial charge in [0.2, 0.25) is 0 Å². The molecule has 16 heavy (non-hydrogen) atoms. The Kier molecular flexibility index (Phi) is 4.67. The van der Waals surface area contributed by atoms with Gasteiger partial charge in [-0.3, -0.25) is 4.98 Å². The lowest BCUT2D eigenvalue weighted by Crippen LogP contribution is -2.38. The average Bonchev–Trinajstić information content (AvgIpc) is 2.38. The maximum Gasteiger partial charge on any atom is 0.0300 e. The zero-order chi connectivity index (χ0) is 11.2. The Balaban J connectivity index is 1.94. The van der Waals surface area contributed by atoms with E-state index in [4.69, 9.17) is 0 Å². The number of aromatic nitrogens is 1. The van der Waals surface area contributed by atoms with Crippen LogP contribution in [0.25, 0.3) is 0 Å². The monoisotopic (exact) mass is 236 g/mol. The summed E-state index contributed by atoms with van der Waals surface area (Å²) in [6, 6.07) is 4.79. The van der Waals surface area contributed by atoms with Gasteiger partial charge in [0.1, 0.15) is 0 Å². The second-order valence-electron chi connectivity index (χ2n) is 4.37. The van der Waals surface area contributed by atoms with E-state index in [0.29, 0.717) is 6.04 Å². The molecule has 0 radical (unpaired) electrons. The number of nitrogens with zero attached hydrogens (tertiary/aromatic N) is 1. The molecule has 1 fully saturated rings. The summed E-state index contributed by atoms with van der Waals surface area (Å²) in [6.07, 6.45) is 9.07. The highest BCUT2D eigenvalue weighted by Gasteiger charge is 2.22. The molecule has 0 aliphatic carbocycles. The van der Waals surface area contributed by atoms with Gasteiger partial charge in [0.15, 0.2) is 0 Å². The van der Waals surface area contributed by atoms with Crippen molar-refractivity contribution in [2.75, 3.05) is 12.8 Å². The van der Waals surface area contributed by atoms with Crippen molar-refractivity contribution in [3.05, 3.63) is 30.1 Å². The molecule has 2 heterocycles. The van der Waals surface area contributed by atoms with Crippen LogP contribution in [0.1, 0.15) is 24.8 Å². The first-order chi connectivity index (χ1) is 7.90. The van der Waals surface area contributed by atoms with Gasteiger partial charge < -0.3 is 5.32 Å². The second kappa shape index (κ2) is 6.26. The molecule has 0 spiro atoms. The van der Waals surface area contributed by atoms with Crippen LogP contribution >= 0.6 is 11.8 Å². The molecule has 3 heteroatoms. The summed E-state index contributed by atoms with van der Waals surface area (Å²) in [7, 11) is 2.08. The standard InChI is InChI=1S/C13H20N2S/c1-14-12(13-6-2-3-8-16-13)9-11-5-4-7-15-10-11/h4-5,7,10,12-14H,2-3,6,8-9H2,1H3. The molecule has 88 valence electrons. The summed E-state index contributed by atoms with van der Waals surface area (Å²) in [4.78, 5) is 4.18. The summed E-state index contributed by atoms with van der Waals surface area (Å²) >= 11 is 2.13. The lowest BCUT2D eigenvalue weighted by Gasteiger charge is -2.29. The van der Waals surface area contributed by atoms with E-state index in [2.05, 4.69) is 35.2 Å². The van der Waals surface area contributed by atoms with E-state index in [9.17, 15) is 0 Å². The number of hydrogen-bond donors (Lipinski definition) is 1. The Morgan fingerprint density at radius 2 is 2.50 bits per heavy atom. The minimum Gasteiger partial charge on any atom is -0.316 e. The van der Waals surface area contributed by atoms with Crippen molar-refractivity contribution in [1.29, 1.82) is 0 Å². The van der Waals surface area contributed by atoms with Crippen molar-refractivity contribution in [3.63, 3.8) is 0 Å². The molecule has 1 aliphatic rings. The summed E-state index contributed by atoms with van der Waals surface area (Å²) in [5.74, 6) is 1.33. The molecule has 0 amide bonds. The molecule has 1 aromatic heterocycles. The average molecular weight is 236 g/mol. The molecule has 1 N–H and O–H groups in total. The van der Waals surface area contributed by atoms with Gasteiger partial charge in [-0.2, -0.15) is 11.8 Å². The highest BCUT2D eigenvalue weighted by molar-refractivity contribution is 8.00. The van der Waals surface area contributed by atoms with E-state index in [1.165, 1.54) is 30.6 Å². The first-order valence-corrected chi connectivity index (χ1v) is 7.13. The fourth-order valence-electron chi connectivity index (χ4n) is 2.28. The molecule has 1 aliphatic heterocycles. The summed E-state index contributed by atoms with van der Waals surface area (Å²) < 4.78 is 0. The molecule has 1 saturated heterocycles. The topological polar surface area (TPSA) is 24.9 Å². The zero-order valence-electron chi connectivity index (χ0n) is 9.86. The largest absolute Gasteiger partial charge is 0.316 e. The molecule has 2 unspecified atom stereocenters. The third-order valence-corrected chi connectivity index (χ3v) is 4.73. The van der Waals surface area contributed by atoms with Gasteiger partial charge in [0.05, 0.1) is 0 Å². The highest BCUT2D eigenvalue weighted by Crippen LogP contribution is 2.28. The minimum absolute atomic E-state index is 0.592. The smallest absolute Gasteiger partial charge is 0.0300 e. The molecule has 2 rings (SSSR count). The van der Waals surface area contributed by atoms with Crippen molar-refractivity contribution in [1.82, 2.24) is 10.3 Å². The Bertz CT molecular complexity index is 296. The molecule has 2 nitrogen and oxygen atoms in total. The maximum absolute atomic E-state index is 4.18. The Hall–Kier alpha value is -0.540. The van der Waals surface area contributed by atoms with E-state index >= 15 is 0 Å². The predicted octanol–water partition coefficient (Wildman–Crippen LogP) is 2.50. The number of hydrogen-bond acceptors (Lipinski definition) is 3. The van der Waals surface area contributed by atoms with Crippen LogP contribution in [-0.2, 0) is 6.42 Å². The van der Waals surface area contributed by atoms with Gasteiger partial charge in [-0.15, -0.1) is 0 Å². The van der Waals surface area contributed by atoms with Crippen molar-refractivity contribution < 1.29 is 0 Å². The third kappa shape index (κ3) is 3.22. The van der Waals surface area contributed by atoms with Crippen LogP contribution in [-0.4, -0.2) is 29.1 Å². The Morgan fingerprint density at radius 1 is 1.56 bits per heavy atom. The quantitative estimate of drug-likeness (QED) is 0.869. The molecule has 0 aromatic carbocycles. The third-order valence-electron chi connectivity index (χ3n) is 3.21. The van der Waals surface area contributed by atoms with Crippen LogP contribution in [0.5, 0.6) is 0 Å². The Morgan fingerprint density at radius 3 is 3.12 bits per heavy atom. The highest BCUT2D eigenvalue weighted by atomic mass is 32.2. The number of nitrogens with one attached hydrogen (secondary N) is 1. The first-order valence-electron chi connectivity index (χ1n) is 6.08. The number of pyridine rings is 1. The van der Waals surface area contributed by atoms with Gasteiger partial charge in [-0.25, -0.2) is 0 Å². The second-order valence-corrected chi connectivity index (χ2v) is 5.71. The lowest BCUT2D eigenvalue weighted by atomic mass is 10.0. The molecule has 0 bridgehead atoms. The van der Waals surface area contributed by atoms with E-state index in [-0.39, 0.29) is 0 Å². The SMILES string of the molecule is CNC(Cc1cccnc1)C1CCCCS1. The van der Waals surface area contributed by atoms with Gasteiger partial charge in [-0.05, 0) is 43.7 Å². The molecule has 0 saturated carbocycles. The maximum atomic E-state index is 4.18. The van der Waals surface area contributed by atoms with Gasteiger partial charge in [0, 0.05) is 23.7 Å². The number of likely N-dealkylation sites (N-methyl/N-ethyl adjacent to an activating group) is 1. The first kappa shape index (κ1) is 11.9. The summed E-state index contributed by atoms with van der Waals surface area (Å²) in [6.45, 7) is 0. The van der Waals surface area contributed by atoms with Crippen LogP contribution < -0.4 is 5.32 Å². The van der Waals surface area contributed by atoms with Crippen molar-refractivity contribution in [2.24, 2.45) is 0 Å². The molecule has 1 aromatic rings. The Labute approximate surface area is 102 Å². The summed E-state index contributed by atoms with van der Waals surface area (Å²) in [5.41, 5.74) is 1.34. The predicted molar refractivity (Wildman–Crippen MR) is 70.9 cm³/mol. The number of rotatable bonds is 4. The van der Waals surface area contributed by atoms with Crippen molar-refractivity contribution in [2.45, 2.75) is 37.0 Å². The van der Waals surface area contributed by atoms with E-state index < -0.39 is 0 Å². The van der Waals surface area contributed by atoms with Crippen molar-refractivity contribution >= 4 is 11.8 Å². The van der Waals surface area contributed by atoms with Crippen LogP contribution in [0.3, 0.4) is 0 Å². The van der Waals surface area contributed by atoms with Gasteiger partial charge in [0.25, 0.3) is 0 Å². The van der Waals surface area contributed by atoms with Gasteiger partial charge >= 0.3 is 0 Å². The normalized spacial score (nSPS) is 22.9. The fraction of sp³-hybridized carbons (Fsp3) is 0.615. The van der Waals surface area contributed by atoms with Crippen LogP contribution in [0.2, 0.25) is 0 Å². The lowest BCUT2D eigenvalue weighted by molar-refractivity contribution is 0.494. The fourth-order valence-corrected chi connectivity index (χ4v) is 3.75. The summed E-state index contributed by atoms with van der Waals surface area (Å²) in [5, 5.41) is 4.25.